The van der Waals surface area contributed by atoms with Crippen molar-refractivity contribution in [3.05, 3.63) is 35.7 Å². The molecule has 1 unspecified atom stereocenters. The van der Waals surface area contributed by atoms with Crippen LogP contribution in [0.15, 0.2) is 33.9 Å². The molecule has 0 spiro atoms. The molecule has 0 aliphatic heterocycles. The third-order valence-electron chi connectivity index (χ3n) is 3.26. The summed E-state index contributed by atoms with van der Waals surface area (Å²) in [6, 6.07) is 7.14. The Balaban J connectivity index is 1.87. The van der Waals surface area contributed by atoms with Crippen LogP contribution in [0.5, 0.6) is 0 Å². The highest BCUT2D eigenvalue weighted by Gasteiger charge is 2.16. The van der Waals surface area contributed by atoms with Crippen molar-refractivity contribution in [2.24, 2.45) is 7.05 Å². The maximum atomic E-state index is 12.4. The molecule has 0 amide bonds. The van der Waals surface area contributed by atoms with E-state index in [2.05, 4.69) is 10.1 Å². The highest BCUT2D eigenvalue weighted by Crippen LogP contribution is 2.21. The minimum absolute atomic E-state index is 0.217. The van der Waals surface area contributed by atoms with Crippen LogP contribution < -0.4 is 5.73 Å². The second-order valence-electron chi connectivity index (χ2n) is 4.80. The summed E-state index contributed by atoms with van der Waals surface area (Å²) in [4.78, 5) is 4.25. The fraction of sp³-hybridized carbons (Fsp3) is 0.286. The molecule has 0 fully saturated rings. The van der Waals surface area contributed by atoms with Gasteiger partial charge in [-0.3, -0.25) is 4.68 Å². The molecule has 1 atom stereocenters. The van der Waals surface area contributed by atoms with E-state index in [1.54, 1.807) is 22.9 Å². The number of hydrogen-bond acceptors (Lipinski definition) is 5. The highest BCUT2D eigenvalue weighted by atomic mass is 32.2. The zero-order valence-electron chi connectivity index (χ0n) is 11.9. The number of nitrogens with zero attached hydrogens (tertiary/aromatic N) is 3. The molecule has 2 N–H and O–H groups in total. The number of anilines is 1. The molecule has 6 nitrogen and oxygen atoms in total. The second-order valence-corrected chi connectivity index (χ2v) is 6.13. The number of benzene rings is 1. The number of hydrogen-bond donors (Lipinski definition) is 1. The SMILES string of the molecule is CCc1cc(CS(=O)c2nc3ccc(N)cc3o2)n(C)n1. The Hall–Kier alpha value is -2.15. The third-order valence-corrected chi connectivity index (χ3v) is 4.38. The van der Waals surface area contributed by atoms with Gasteiger partial charge in [0.2, 0.25) is 0 Å². The molecule has 2 aromatic heterocycles. The van der Waals surface area contributed by atoms with Crippen molar-refractivity contribution in [3.8, 4) is 0 Å². The largest absolute Gasteiger partial charge is 0.430 e. The van der Waals surface area contributed by atoms with Gasteiger partial charge in [0.05, 0.1) is 17.1 Å². The van der Waals surface area contributed by atoms with Gasteiger partial charge in [-0.2, -0.15) is 5.10 Å². The smallest absolute Gasteiger partial charge is 0.288 e. The predicted molar refractivity (Wildman–Crippen MR) is 81.1 cm³/mol. The Morgan fingerprint density at radius 2 is 2.19 bits per heavy atom. The van der Waals surface area contributed by atoms with Crippen molar-refractivity contribution < 1.29 is 8.63 Å². The summed E-state index contributed by atoms with van der Waals surface area (Å²) >= 11 is 0. The lowest BCUT2D eigenvalue weighted by atomic mass is 10.3. The highest BCUT2D eigenvalue weighted by molar-refractivity contribution is 7.84. The summed E-state index contributed by atoms with van der Waals surface area (Å²) < 4.78 is 19.7. The van der Waals surface area contributed by atoms with Gasteiger partial charge < -0.3 is 10.2 Å². The molecule has 1 aromatic carbocycles. The Bertz CT molecular complexity index is 822. The average Bonchev–Trinajstić information content (AvgIpc) is 3.02. The van der Waals surface area contributed by atoms with Crippen molar-refractivity contribution in [2.45, 2.75) is 24.3 Å². The standard InChI is InChI=1S/C14H16N4O2S/c1-3-10-7-11(18(2)17-10)8-21(19)14-16-12-5-4-9(15)6-13(12)20-14/h4-7H,3,8,15H2,1-2H3. The second kappa shape index (κ2) is 5.33. The summed E-state index contributed by atoms with van der Waals surface area (Å²) in [5, 5.41) is 4.56. The van der Waals surface area contributed by atoms with E-state index in [0.717, 1.165) is 17.8 Å². The number of nitrogen functional groups attached to an aromatic ring is 1. The number of nitrogens with two attached hydrogens (primary N) is 1. The van der Waals surface area contributed by atoms with Crippen LogP contribution >= 0.6 is 0 Å². The van der Waals surface area contributed by atoms with Gasteiger partial charge in [0.15, 0.2) is 5.58 Å². The van der Waals surface area contributed by atoms with Crippen LogP contribution in [0.1, 0.15) is 18.3 Å². The normalized spacial score (nSPS) is 12.9. The lowest BCUT2D eigenvalue weighted by molar-refractivity contribution is 0.477. The van der Waals surface area contributed by atoms with Crippen LogP contribution in [0.4, 0.5) is 5.69 Å². The fourth-order valence-electron chi connectivity index (χ4n) is 2.09. The molecule has 0 aliphatic rings. The quantitative estimate of drug-likeness (QED) is 0.745. The molecule has 110 valence electrons. The minimum atomic E-state index is -1.35. The van der Waals surface area contributed by atoms with Crippen molar-refractivity contribution in [1.82, 2.24) is 14.8 Å². The Morgan fingerprint density at radius 1 is 1.38 bits per heavy atom. The first kappa shape index (κ1) is 13.8. The maximum absolute atomic E-state index is 12.4. The predicted octanol–water partition coefficient (Wildman–Crippen LogP) is 2.01. The van der Waals surface area contributed by atoms with E-state index < -0.39 is 10.8 Å². The molecule has 2 heterocycles. The Morgan fingerprint density at radius 3 is 2.90 bits per heavy atom. The van der Waals surface area contributed by atoms with Gasteiger partial charge in [-0.15, -0.1) is 0 Å². The molecule has 0 saturated heterocycles. The zero-order chi connectivity index (χ0) is 15.0. The zero-order valence-corrected chi connectivity index (χ0v) is 12.7. The lowest BCUT2D eigenvalue weighted by Gasteiger charge is -1.98. The van der Waals surface area contributed by atoms with Gasteiger partial charge in [-0.1, -0.05) is 6.92 Å². The van der Waals surface area contributed by atoms with Crippen molar-refractivity contribution in [2.75, 3.05) is 5.73 Å². The van der Waals surface area contributed by atoms with Crippen LogP contribution in [-0.4, -0.2) is 19.0 Å². The van der Waals surface area contributed by atoms with E-state index in [1.807, 2.05) is 20.0 Å². The van der Waals surface area contributed by atoms with Crippen LogP contribution in [0.2, 0.25) is 0 Å². The first-order valence-electron chi connectivity index (χ1n) is 6.63. The molecule has 0 aliphatic carbocycles. The van der Waals surface area contributed by atoms with Crippen LogP contribution in [0.25, 0.3) is 11.1 Å². The van der Waals surface area contributed by atoms with E-state index in [1.165, 1.54) is 0 Å². The average molecular weight is 304 g/mol. The van der Waals surface area contributed by atoms with Gasteiger partial charge in [-0.25, -0.2) is 9.19 Å². The molecule has 0 radical (unpaired) electrons. The van der Waals surface area contributed by atoms with Gasteiger partial charge in [0, 0.05) is 18.8 Å². The number of aryl methyl sites for hydroxylation is 2. The monoisotopic (exact) mass is 304 g/mol. The van der Waals surface area contributed by atoms with Crippen LogP contribution in [0.3, 0.4) is 0 Å². The van der Waals surface area contributed by atoms with E-state index in [9.17, 15) is 4.21 Å². The summed E-state index contributed by atoms with van der Waals surface area (Å²) in [7, 11) is 0.494. The van der Waals surface area contributed by atoms with E-state index in [-0.39, 0.29) is 5.22 Å². The lowest BCUT2D eigenvalue weighted by Crippen LogP contribution is -2.03. The molecular weight excluding hydrogens is 288 g/mol. The molecule has 3 rings (SSSR count). The molecule has 21 heavy (non-hydrogen) atoms. The Labute approximate surface area is 124 Å². The molecular formula is C14H16N4O2S. The van der Waals surface area contributed by atoms with Gasteiger partial charge in [0.25, 0.3) is 5.22 Å². The fourth-order valence-corrected chi connectivity index (χ4v) is 3.14. The molecule has 7 heteroatoms. The van der Waals surface area contributed by atoms with Crippen molar-refractivity contribution in [1.29, 1.82) is 0 Å². The molecule has 0 saturated carbocycles. The summed E-state index contributed by atoms with van der Waals surface area (Å²) in [5.41, 5.74) is 9.38. The van der Waals surface area contributed by atoms with E-state index in [4.69, 9.17) is 10.2 Å². The summed E-state index contributed by atoms with van der Waals surface area (Å²) in [6.45, 7) is 2.04. The first-order valence-corrected chi connectivity index (χ1v) is 7.95. The van der Waals surface area contributed by atoms with Gasteiger partial charge >= 0.3 is 0 Å². The summed E-state index contributed by atoms with van der Waals surface area (Å²) in [5.74, 6) is 0.325. The maximum Gasteiger partial charge on any atom is 0.288 e. The number of rotatable bonds is 4. The van der Waals surface area contributed by atoms with Crippen LogP contribution in [0, 0.1) is 0 Å². The van der Waals surface area contributed by atoms with Gasteiger partial charge in [0.1, 0.15) is 16.3 Å². The van der Waals surface area contributed by atoms with Gasteiger partial charge in [-0.05, 0) is 24.6 Å². The van der Waals surface area contributed by atoms with E-state index >= 15 is 0 Å². The van der Waals surface area contributed by atoms with Crippen LogP contribution in [-0.2, 0) is 30.0 Å². The topological polar surface area (TPSA) is 86.9 Å². The third kappa shape index (κ3) is 2.69. The van der Waals surface area contributed by atoms with Crippen molar-refractivity contribution >= 4 is 27.6 Å². The molecule has 0 bridgehead atoms. The Kier molecular flexibility index (Phi) is 3.50. The van der Waals surface area contributed by atoms with E-state index in [0.29, 0.717) is 22.5 Å². The number of aromatic nitrogens is 3. The summed E-state index contributed by atoms with van der Waals surface area (Å²) in [6.07, 6.45) is 0.850. The number of fused-ring (bicyclic) bond motifs is 1. The first-order chi connectivity index (χ1) is 10.1. The molecule has 3 aromatic rings. The minimum Gasteiger partial charge on any atom is -0.430 e. The van der Waals surface area contributed by atoms with Crippen molar-refractivity contribution in [3.63, 3.8) is 0 Å². The number of oxazole rings is 1.